The van der Waals surface area contributed by atoms with Gasteiger partial charge in [0.2, 0.25) is 10.0 Å². The monoisotopic (exact) mass is 481 g/mol. The first-order valence-electron chi connectivity index (χ1n) is 9.89. The highest BCUT2D eigenvalue weighted by atomic mass is 35.5. The molecule has 0 radical (unpaired) electrons. The van der Waals surface area contributed by atoms with Crippen LogP contribution in [0.4, 0.5) is 0 Å². The van der Waals surface area contributed by atoms with Gasteiger partial charge in [0.1, 0.15) is 16.4 Å². The normalized spacial score (nSPS) is 14.1. The maximum atomic E-state index is 12.9. The van der Waals surface area contributed by atoms with Crippen molar-refractivity contribution in [3.8, 4) is 11.5 Å². The van der Waals surface area contributed by atoms with E-state index in [0.717, 1.165) is 25.7 Å². The van der Waals surface area contributed by atoms with Crippen molar-refractivity contribution in [2.75, 3.05) is 14.2 Å². The second-order valence-electron chi connectivity index (χ2n) is 7.22. The minimum absolute atomic E-state index is 0.0240. The highest BCUT2D eigenvalue weighted by molar-refractivity contribution is 7.89. The Morgan fingerprint density at radius 3 is 2.22 bits per heavy atom. The standard InChI is InChI=1S/C21H24ClN3O6S/c1-30-17-10-8-14(22)12-16(17)21(27)24-23-20(26)13-7-9-18(31-2)19(11-13)32(28,29)25-15-5-3-4-6-15/h7-12,15,25H,3-6H2,1-2H3,(H,23,26)(H,24,27). The average molecular weight is 482 g/mol. The molecule has 1 saturated carbocycles. The number of hydrogen-bond acceptors (Lipinski definition) is 6. The Balaban J connectivity index is 1.76. The van der Waals surface area contributed by atoms with E-state index < -0.39 is 21.8 Å². The van der Waals surface area contributed by atoms with Crippen LogP contribution in [-0.4, -0.2) is 40.5 Å². The van der Waals surface area contributed by atoms with Crippen molar-refractivity contribution in [3.63, 3.8) is 0 Å². The number of hydrazine groups is 1. The van der Waals surface area contributed by atoms with E-state index in [1.54, 1.807) is 6.07 Å². The molecule has 1 fully saturated rings. The van der Waals surface area contributed by atoms with E-state index in [1.165, 1.54) is 44.6 Å². The molecule has 9 nitrogen and oxygen atoms in total. The minimum atomic E-state index is -3.90. The predicted molar refractivity (Wildman–Crippen MR) is 119 cm³/mol. The predicted octanol–water partition coefficient (Wildman–Crippen LogP) is 2.65. The Hall–Kier alpha value is -2.82. The van der Waals surface area contributed by atoms with Crippen molar-refractivity contribution in [2.45, 2.75) is 36.6 Å². The molecule has 2 aromatic rings. The number of benzene rings is 2. The number of halogens is 1. The topological polar surface area (TPSA) is 123 Å². The lowest BCUT2D eigenvalue weighted by Gasteiger charge is -2.16. The molecule has 0 saturated heterocycles. The van der Waals surface area contributed by atoms with Gasteiger partial charge in [-0.2, -0.15) is 0 Å². The van der Waals surface area contributed by atoms with E-state index in [-0.39, 0.29) is 33.6 Å². The summed E-state index contributed by atoms with van der Waals surface area (Å²) in [6, 6.07) is 8.33. The van der Waals surface area contributed by atoms with Crippen molar-refractivity contribution in [1.82, 2.24) is 15.6 Å². The van der Waals surface area contributed by atoms with Crippen molar-refractivity contribution in [1.29, 1.82) is 0 Å². The van der Waals surface area contributed by atoms with Gasteiger partial charge < -0.3 is 9.47 Å². The third kappa shape index (κ3) is 5.50. The molecule has 172 valence electrons. The van der Waals surface area contributed by atoms with Crippen LogP contribution >= 0.6 is 11.6 Å². The zero-order valence-electron chi connectivity index (χ0n) is 17.6. The van der Waals surface area contributed by atoms with Gasteiger partial charge in [-0.25, -0.2) is 13.1 Å². The van der Waals surface area contributed by atoms with Crippen LogP contribution < -0.4 is 25.0 Å². The van der Waals surface area contributed by atoms with Crippen molar-refractivity contribution in [2.24, 2.45) is 0 Å². The zero-order valence-corrected chi connectivity index (χ0v) is 19.2. The van der Waals surface area contributed by atoms with E-state index in [2.05, 4.69) is 15.6 Å². The molecule has 11 heteroatoms. The summed E-state index contributed by atoms with van der Waals surface area (Å²) in [4.78, 5) is 24.9. The number of hydrogen-bond donors (Lipinski definition) is 3. The van der Waals surface area contributed by atoms with Gasteiger partial charge in [0.15, 0.2) is 0 Å². The quantitative estimate of drug-likeness (QED) is 0.522. The summed E-state index contributed by atoms with van der Waals surface area (Å²) in [7, 11) is -1.15. The van der Waals surface area contributed by atoms with E-state index in [1.807, 2.05) is 0 Å². The van der Waals surface area contributed by atoms with E-state index in [9.17, 15) is 18.0 Å². The van der Waals surface area contributed by atoms with Crippen molar-refractivity contribution in [3.05, 3.63) is 52.5 Å². The van der Waals surface area contributed by atoms with Gasteiger partial charge in [-0.3, -0.25) is 20.4 Å². The SMILES string of the molecule is COc1ccc(Cl)cc1C(=O)NNC(=O)c1ccc(OC)c(S(=O)(=O)NC2CCCC2)c1. The van der Waals surface area contributed by atoms with Crippen LogP contribution in [0.2, 0.25) is 5.02 Å². The second-order valence-corrected chi connectivity index (χ2v) is 9.34. The third-order valence-corrected chi connectivity index (χ3v) is 6.86. The summed E-state index contributed by atoms with van der Waals surface area (Å²) >= 11 is 5.93. The molecule has 0 aliphatic heterocycles. The van der Waals surface area contributed by atoms with Crippen LogP contribution in [0.1, 0.15) is 46.4 Å². The van der Waals surface area contributed by atoms with Crippen LogP contribution in [0, 0.1) is 0 Å². The number of rotatable bonds is 7. The molecule has 1 aliphatic rings. The summed E-state index contributed by atoms with van der Waals surface area (Å²) < 4.78 is 38.7. The van der Waals surface area contributed by atoms with Crippen LogP contribution in [0.15, 0.2) is 41.3 Å². The molecule has 3 N–H and O–H groups in total. The van der Waals surface area contributed by atoms with Crippen molar-refractivity contribution >= 4 is 33.4 Å². The number of methoxy groups -OCH3 is 2. The average Bonchev–Trinajstić information content (AvgIpc) is 3.29. The number of carbonyl (C=O) groups excluding carboxylic acids is 2. The highest BCUT2D eigenvalue weighted by Gasteiger charge is 2.27. The minimum Gasteiger partial charge on any atom is -0.496 e. The molecule has 32 heavy (non-hydrogen) atoms. The Labute approximate surface area is 191 Å². The van der Waals surface area contributed by atoms with E-state index in [0.29, 0.717) is 5.02 Å². The Morgan fingerprint density at radius 1 is 0.938 bits per heavy atom. The zero-order chi connectivity index (χ0) is 23.3. The smallest absolute Gasteiger partial charge is 0.273 e. The molecule has 0 spiro atoms. The molecular formula is C21H24ClN3O6S. The third-order valence-electron chi connectivity index (χ3n) is 5.09. The largest absolute Gasteiger partial charge is 0.496 e. The van der Waals surface area contributed by atoms with Gasteiger partial charge in [0.05, 0.1) is 19.8 Å². The highest BCUT2D eigenvalue weighted by Crippen LogP contribution is 2.27. The molecule has 0 aromatic heterocycles. The van der Waals surface area contributed by atoms with Gasteiger partial charge in [0.25, 0.3) is 11.8 Å². The number of ether oxygens (including phenoxy) is 2. The molecule has 2 amide bonds. The van der Waals surface area contributed by atoms with Gasteiger partial charge in [0, 0.05) is 16.6 Å². The molecule has 0 heterocycles. The number of amides is 2. The lowest BCUT2D eigenvalue weighted by atomic mass is 10.2. The van der Waals surface area contributed by atoms with Gasteiger partial charge in [-0.05, 0) is 49.2 Å². The fourth-order valence-electron chi connectivity index (χ4n) is 3.47. The number of sulfonamides is 1. The van der Waals surface area contributed by atoms with E-state index in [4.69, 9.17) is 21.1 Å². The maximum absolute atomic E-state index is 12.9. The van der Waals surface area contributed by atoms with E-state index >= 15 is 0 Å². The summed E-state index contributed by atoms with van der Waals surface area (Å²) in [6.07, 6.45) is 3.45. The molecule has 2 aromatic carbocycles. The Kier molecular flexibility index (Phi) is 7.60. The summed E-state index contributed by atoms with van der Waals surface area (Å²) in [5.41, 5.74) is 4.68. The number of carbonyl (C=O) groups is 2. The first-order valence-corrected chi connectivity index (χ1v) is 11.8. The summed E-state index contributed by atoms with van der Waals surface area (Å²) in [5, 5.41) is 0.321. The summed E-state index contributed by atoms with van der Waals surface area (Å²) in [5.74, 6) is -0.974. The van der Waals surface area contributed by atoms with Gasteiger partial charge >= 0.3 is 0 Å². The lowest BCUT2D eigenvalue weighted by molar-refractivity contribution is 0.0844. The maximum Gasteiger partial charge on any atom is 0.273 e. The molecule has 1 aliphatic carbocycles. The Bertz CT molecular complexity index is 1120. The summed E-state index contributed by atoms with van der Waals surface area (Å²) in [6.45, 7) is 0. The van der Waals surface area contributed by atoms with Crippen LogP contribution in [0.3, 0.4) is 0 Å². The molecule has 0 atom stereocenters. The Morgan fingerprint density at radius 2 is 1.56 bits per heavy atom. The fraction of sp³-hybridized carbons (Fsp3) is 0.333. The molecule has 0 unspecified atom stereocenters. The first-order chi connectivity index (χ1) is 15.2. The number of nitrogens with one attached hydrogen (secondary N) is 3. The second kappa shape index (κ2) is 10.2. The first kappa shape index (κ1) is 23.8. The molecule has 0 bridgehead atoms. The van der Waals surface area contributed by atoms with Crippen molar-refractivity contribution < 1.29 is 27.5 Å². The van der Waals surface area contributed by atoms with Crippen LogP contribution in [0.25, 0.3) is 0 Å². The molecular weight excluding hydrogens is 458 g/mol. The lowest BCUT2D eigenvalue weighted by Crippen LogP contribution is -2.41. The van der Waals surface area contributed by atoms with Gasteiger partial charge in [-0.15, -0.1) is 0 Å². The molecule has 3 rings (SSSR count). The van der Waals surface area contributed by atoms with Crippen LogP contribution in [-0.2, 0) is 10.0 Å². The van der Waals surface area contributed by atoms with Crippen LogP contribution in [0.5, 0.6) is 11.5 Å². The van der Waals surface area contributed by atoms with Gasteiger partial charge in [-0.1, -0.05) is 24.4 Å². The fourth-order valence-corrected chi connectivity index (χ4v) is 5.14.